The Labute approximate surface area is 151 Å². The number of aromatic nitrogens is 1. The highest BCUT2D eigenvalue weighted by Gasteiger charge is 2.26. The number of carbonyl (C=O) groups excluding carboxylic acids is 1. The molecule has 0 aliphatic carbocycles. The van der Waals surface area contributed by atoms with Gasteiger partial charge in [-0.15, -0.1) is 0 Å². The quantitative estimate of drug-likeness (QED) is 0.770. The van der Waals surface area contributed by atoms with Crippen LogP contribution in [0.2, 0.25) is 0 Å². The zero-order valence-electron chi connectivity index (χ0n) is 14.4. The summed E-state index contributed by atoms with van der Waals surface area (Å²) in [4.78, 5) is 19.3. The number of carbonyl (C=O) groups is 1. The third kappa shape index (κ3) is 3.52. The summed E-state index contributed by atoms with van der Waals surface area (Å²) in [6.45, 7) is 1.47. The number of nitrogens with zero attached hydrogens (tertiary/aromatic N) is 2. The van der Waals surface area contributed by atoms with Crippen molar-refractivity contribution in [2.45, 2.75) is 12.8 Å². The highest BCUT2D eigenvalue weighted by atomic mass is 19.1. The lowest BCUT2D eigenvalue weighted by atomic mass is 9.97. The number of pyridine rings is 1. The predicted octanol–water partition coefficient (Wildman–Crippen LogP) is 4.23. The van der Waals surface area contributed by atoms with Crippen molar-refractivity contribution in [1.82, 2.24) is 4.98 Å². The third-order valence-corrected chi connectivity index (χ3v) is 4.80. The number of fused-ring (bicyclic) bond motifs is 1. The van der Waals surface area contributed by atoms with Crippen molar-refractivity contribution >= 4 is 28.3 Å². The summed E-state index contributed by atoms with van der Waals surface area (Å²) in [5.74, 6) is 0.447. The van der Waals surface area contributed by atoms with E-state index in [1.165, 1.54) is 12.1 Å². The molecule has 1 aromatic heterocycles. The molecule has 26 heavy (non-hydrogen) atoms. The van der Waals surface area contributed by atoms with Gasteiger partial charge in [-0.3, -0.25) is 4.79 Å². The van der Waals surface area contributed by atoms with Crippen molar-refractivity contribution < 1.29 is 9.18 Å². The maximum absolute atomic E-state index is 13.5. The molecule has 5 heteroatoms. The number of rotatable bonds is 3. The van der Waals surface area contributed by atoms with Crippen LogP contribution in [0.4, 0.5) is 15.9 Å². The van der Waals surface area contributed by atoms with E-state index in [1.807, 2.05) is 42.5 Å². The number of piperidine rings is 1. The van der Waals surface area contributed by atoms with Crippen LogP contribution in [0.25, 0.3) is 10.9 Å². The molecule has 4 nitrogen and oxygen atoms in total. The lowest BCUT2D eigenvalue weighted by molar-refractivity contribution is -0.120. The average Bonchev–Trinajstić information content (AvgIpc) is 2.68. The summed E-state index contributed by atoms with van der Waals surface area (Å²) in [5.41, 5.74) is 1.45. The van der Waals surface area contributed by atoms with E-state index in [0.29, 0.717) is 12.1 Å². The second-order valence-electron chi connectivity index (χ2n) is 6.65. The van der Waals surface area contributed by atoms with E-state index in [-0.39, 0.29) is 17.6 Å². The molecular formula is C21H20FN3O. The Bertz CT molecular complexity index is 929. The molecule has 1 fully saturated rings. The molecule has 1 amide bonds. The lowest BCUT2D eigenvalue weighted by Gasteiger charge is -2.33. The fraction of sp³-hybridized carbons (Fsp3) is 0.238. The molecule has 0 unspecified atom stereocenters. The number of benzene rings is 2. The van der Waals surface area contributed by atoms with Crippen LogP contribution in [-0.2, 0) is 4.79 Å². The van der Waals surface area contributed by atoms with Gasteiger partial charge in [-0.25, -0.2) is 9.37 Å². The summed E-state index contributed by atoms with van der Waals surface area (Å²) in [7, 11) is 0. The standard InChI is InChI=1S/C21H20FN3O/c22-17-10-8-15-9-11-20(24-19(15)13-17)25-12-4-5-16(14-25)21(26)23-18-6-2-1-3-7-18/h1-3,6-11,13,16H,4-5,12,14H2,(H,23,26)/t16-/m0/s1. The maximum atomic E-state index is 13.5. The van der Waals surface area contributed by atoms with Crippen LogP contribution in [0.15, 0.2) is 60.7 Å². The van der Waals surface area contributed by atoms with Crippen LogP contribution in [-0.4, -0.2) is 24.0 Å². The number of para-hydroxylation sites is 1. The Morgan fingerprint density at radius 1 is 1.12 bits per heavy atom. The first-order valence-electron chi connectivity index (χ1n) is 8.86. The van der Waals surface area contributed by atoms with E-state index >= 15 is 0 Å². The topological polar surface area (TPSA) is 45.2 Å². The molecule has 2 aromatic carbocycles. The predicted molar refractivity (Wildman–Crippen MR) is 102 cm³/mol. The van der Waals surface area contributed by atoms with E-state index in [2.05, 4.69) is 15.2 Å². The first-order chi connectivity index (χ1) is 12.7. The van der Waals surface area contributed by atoms with Gasteiger partial charge in [-0.2, -0.15) is 0 Å². The highest BCUT2D eigenvalue weighted by molar-refractivity contribution is 5.93. The van der Waals surface area contributed by atoms with Crippen molar-refractivity contribution in [3.8, 4) is 0 Å². The van der Waals surface area contributed by atoms with Gasteiger partial charge in [-0.1, -0.05) is 18.2 Å². The van der Waals surface area contributed by atoms with E-state index in [1.54, 1.807) is 6.07 Å². The zero-order valence-corrected chi connectivity index (χ0v) is 14.4. The Morgan fingerprint density at radius 3 is 2.77 bits per heavy atom. The van der Waals surface area contributed by atoms with Crippen LogP contribution in [0.3, 0.4) is 0 Å². The minimum absolute atomic E-state index is 0.0349. The number of hydrogen-bond acceptors (Lipinski definition) is 3. The first kappa shape index (κ1) is 16.5. The largest absolute Gasteiger partial charge is 0.356 e. The molecule has 0 spiro atoms. The van der Waals surface area contributed by atoms with Crippen molar-refractivity contribution in [1.29, 1.82) is 0 Å². The summed E-state index contributed by atoms with van der Waals surface area (Å²) in [5, 5.41) is 3.89. The Balaban J connectivity index is 1.50. The van der Waals surface area contributed by atoms with Crippen molar-refractivity contribution in [2.75, 3.05) is 23.3 Å². The molecule has 1 aliphatic heterocycles. The second kappa shape index (κ2) is 7.12. The van der Waals surface area contributed by atoms with Gasteiger partial charge in [-0.05, 0) is 49.2 Å². The first-order valence-corrected chi connectivity index (χ1v) is 8.86. The van der Waals surface area contributed by atoms with Gasteiger partial charge < -0.3 is 10.2 Å². The van der Waals surface area contributed by atoms with Crippen LogP contribution in [0.1, 0.15) is 12.8 Å². The van der Waals surface area contributed by atoms with Crippen LogP contribution >= 0.6 is 0 Å². The fourth-order valence-electron chi connectivity index (χ4n) is 3.42. The van der Waals surface area contributed by atoms with E-state index in [4.69, 9.17) is 0 Å². The van der Waals surface area contributed by atoms with Gasteiger partial charge in [0.05, 0.1) is 11.4 Å². The fourth-order valence-corrected chi connectivity index (χ4v) is 3.42. The molecule has 4 rings (SSSR count). The number of anilines is 2. The second-order valence-corrected chi connectivity index (χ2v) is 6.65. The normalized spacial score (nSPS) is 17.3. The van der Waals surface area contributed by atoms with E-state index < -0.39 is 0 Å². The molecule has 1 N–H and O–H groups in total. The Morgan fingerprint density at radius 2 is 1.92 bits per heavy atom. The average molecular weight is 349 g/mol. The number of nitrogens with one attached hydrogen (secondary N) is 1. The van der Waals surface area contributed by atoms with Crippen LogP contribution in [0.5, 0.6) is 0 Å². The number of amides is 1. The molecule has 1 aliphatic rings. The summed E-state index contributed by atoms with van der Waals surface area (Å²) in [6, 6.07) is 18.0. The summed E-state index contributed by atoms with van der Waals surface area (Å²) in [6.07, 6.45) is 1.78. The molecule has 2 heterocycles. The molecule has 1 saturated heterocycles. The molecule has 3 aromatic rings. The van der Waals surface area contributed by atoms with Crippen LogP contribution in [0, 0.1) is 11.7 Å². The molecule has 0 radical (unpaired) electrons. The number of halogens is 1. The SMILES string of the molecule is O=C(Nc1ccccc1)[C@H]1CCCN(c2ccc3ccc(F)cc3n2)C1. The van der Waals surface area contributed by atoms with E-state index in [0.717, 1.165) is 36.3 Å². The summed E-state index contributed by atoms with van der Waals surface area (Å²) >= 11 is 0. The van der Waals surface area contributed by atoms with Crippen molar-refractivity contribution in [3.05, 3.63) is 66.5 Å². The van der Waals surface area contributed by atoms with Crippen molar-refractivity contribution in [2.24, 2.45) is 5.92 Å². The van der Waals surface area contributed by atoms with E-state index in [9.17, 15) is 9.18 Å². The van der Waals surface area contributed by atoms with Crippen LogP contribution < -0.4 is 10.2 Å². The minimum Gasteiger partial charge on any atom is -0.356 e. The molecular weight excluding hydrogens is 329 g/mol. The highest BCUT2D eigenvalue weighted by Crippen LogP contribution is 2.25. The van der Waals surface area contributed by atoms with Gasteiger partial charge in [0, 0.05) is 30.2 Å². The van der Waals surface area contributed by atoms with Gasteiger partial charge >= 0.3 is 0 Å². The van der Waals surface area contributed by atoms with Gasteiger partial charge in [0.2, 0.25) is 5.91 Å². The smallest absolute Gasteiger partial charge is 0.229 e. The zero-order chi connectivity index (χ0) is 17.9. The number of hydrogen-bond donors (Lipinski definition) is 1. The monoisotopic (exact) mass is 349 g/mol. The third-order valence-electron chi connectivity index (χ3n) is 4.80. The van der Waals surface area contributed by atoms with Crippen molar-refractivity contribution in [3.63, 3.8) is 0 Å². The lowest BCUT2D eigenvalue weighted by Crippen LogP contribution is -2.41. The molecule has 0 saturated carbocycles. The molecule has 1 atom stereocenters. The minimum atomic E-state index is -0.291. The molecule has 0 bridgehead atoms. The summed E-state index contributed by atoms with van der Waals surface area (Å²) < 4.78 is 13.5. The van der Waals surface area contributed by atoms with Gasteiger partial charge in [0.1, 0.15) is 11.6 Å². The Hall–Kier alpha value is -2.95. The molecule has 132 valence electrons. The van der Waals surface area contributed by atoms with Gasteiger partial charge in [0.25, 0.3) is 0 Å². The van der Waals surface area contributed by atoms with Gasteiger partial charge in [0.15, 0.2) is 0 Å². The Kier molecular flexibility index (Phi) is 4.52. The maximum Gasteiger partial charge on any atom is 0.229 e.